The third-order valence-electron chi connectivity index (χ3n) is 3.06. The molecule has 6 nitrogen and oxygen atoms in total. The summed E-state index contributed by atoms with van der Waals surface area (Å²) in [7, 11) is 1.61. The number of benzene rings is 1. The Balaban J connectivity index is 0.00000312. The highest BCUT2D eigenvalue weighted by molar-refractivity contribution is 14.0. The van der Waals surface area contributed by atoms with Crippen molar-refractivity contribution in [3.05, 3.63) is 60.3 Å². The van der Waals surface area contributed by atoms with Crippen molar-refractivity contribution in [2.75, 3.05) is 13.7 Å². The van der Waals surface area contributed by atoms with Gasteiger partial charge in [-0.3, -0.25) is 0 Å². The van der Waals surface area contributed by atoms with Crippen LogP contribution in [0.15, 0.2) is 59.7 Å². The molecule has 0 unspecified atom stereocenters. The fourth-order valence-electron chi connectivity index (χ4n) is 1.82. The highest BCUT2D eigenvalue weighted by Gasteiger charge is 2.01. The number of aromatic nitrogens is 1. The van der Waals surface area contributed by atoms with Crippen LogP contribution in [0.2, 0.25) is 0 Å². The van der Waals surface area contributed by atoms with Gasteiger partial charge in [0.1, 0.15) is 11.5 Å². The average molecular weight is 454 g/mol. The van der Waals surface area contributed by atoms with Crippen molar-refractivity contribution in [3.8, 4) is 17.4 Å². The van der Waals surface area contributed by atoms with E-state index in [4.69, 9.17) is 15.2 Å². The van der Waals surface area contributed by atoms with Gasteiger partial charge in [-0.05, 0) is 24.6 Å². The topological polar surface area (TPSA) is 81.8 Å². The van der Waals surface area contributed by atoms with Crippen LogP contribution in [-0.4, -0.2) is 24.6 Å². The van der Waals surface area contributed by atoms with E-state index >= 15 is 0 Å². The molecule has 2 aromatic rings. The first-order valence-corrected chi connectivity index (χ1v) is 7.52. The molecule has 0 fully saturated rings. The maximum absolute atomic E-state index is 5.77. The Kier molecular flexibility index (Phi) is 8.76. The number of guanidine groups is 1. The van der Waals surface area contributed by atoms with Gasteiger partial charge in [-0.1, -0.05) is 24.3 Å². The molecule has 0 aliphatic rings. The number of pyridine rings is 1. The van der Waals surface area contributed by atoms with Crippen LogP contribution in [0.5, 0.6) is 17.4 Å². The van der Waals surface area contributed by atoms with Crippen LogP contribution >= 0.6 is 24.0 Å². The van der Waals surface area contributed by atoms with E-state index < -0.39 is 0 Å². The Hall–Kier alpha value is -2.29. The fourth-order valence-corrected chi connectivity index (χ4v) is 1.82. The molecule has 1 aromatic heterocycles. The van der Waals surface area contributed by atoms with Crippen molar-refractivity contribution in [2.45, 2.75) is 13.5 Å². The summed E-state index contributed by atoms with van der Waals surface area (Å²) in [5, 5.41) is 2.98. The second-order valence-electron chi connectivity index (χ2n) is 5.30. The van der Waals surface area contributed by atoms with E-state index in [1.165, 1.54) is 0 Å². The van der Waals surface area contributed by atoms with Gasteiger partial charge in [0.05, 0.1) is 13.7 Å². The lowest BCUT2D eigenvalue weighted by Crippen LogP contribution is -2.32. The zero-order chi connectivity index (χ0) is 17.4. The van der Waals surface area contributed by atoms with Crippen molar-refractivity contribution in [1.29, 1.82) is 0 Å². The molecule has 0 saturated heterocycles. The van der Waals surface area contributed by atoms with Crippen molar-refractivity contribution in [3.63, 3.8) is 0 Å². The molecule has 0 aliphatic heterocycles. The minimum Gasteiger partial charge on any atom is -0.497 e. The highest BCUT2D eigenvalue weighted by Crippen LogP contribution is 2.23. The highest BCUT2D eigenvalue weighted by atomic mass is 127. The zero-order valence-corrected chi connectivity index (χ0v) is 16.7. The summed E-state index contributed by atoms with van der Waals surface area (Å²) in [6, 6.07) is 11.1. The number of ether oxygens (including phenoxy) is 2. The average Bonchev–Trinajstić information content (AvgIpc) is 2.59. The van der Waals surface area contributed by atoms with Crippen molar-refractivity contribution >= 4 is 29.9 Å². The number of halogens is 1. The molecule has 0 bridgehead atoms. The summed E-state index contributed by atoms with van der Waals surface area (Å²) in [6.45, 7) is 6.78. The normalized spacial score (nSPS) is 10.6. The van der Waals surface area contributed by atoms with E-state index in [1.54, 1.807) is 25.4 Å². The van der Waals surface area contributed by atoms with Gasteiger partial charge in [-0.15, -0.1) is 24.0 Å². The predicted molar refractivity (Wildman–Crippen MR) is 111 cm³/mol. The zero-order valence-electron chi connectivity index (χ0n) is 14.4. The molecule has 0 atom stereocenters. The first-order chi connectivity index (χ1) is 11.6. The van der Waals surface area contributed by atoms with Crippen LogP contribution in [-0.2, 0) is 6.54 Å². The lowest BCUT2D eigenvalue weighted by atomic mass is 10.3. The van der Waals surface area contributed by atoms with E-state index in [0.717, 1.165) is 16.9 Å². The predicted octanol–water partition coefficient (Wildman–Crippen LogP) is 3.48. The van der Waals surface area contributed by atoms with E-state index in [0.29, 0.717) is 30.7 Å². The molecule has 0 amide bonds. The van der Waals surface area contributed by atoms with Gasteiger partial charge in [-0.2, -0.15) is 0 Å². The second-order valence-corrected chi connectivity index (χ2v) is 5.30. The molecule has 3 N–H and O–H groups in total. The van der Waals surface area contributed by atoms with E-state index in [2.05, 4.69) is 21.9 Å². The summed E-state index contributed by atoms with van der Waals surface area (Å²) in [4.78, 5) is 8.52. The van der Waals surface area contributed by atoms with Crippen LogP contribution in [0.1, 0.15) is 12.5 Å². The first-order valence-electron chi connectivity index (χ1n) is 7.52. The van der Waals surface area contributed by atoms with E-state index in [-0.39, 0.29) is 24.0 Å². The van der Waals surface area contributed by atoms with Crippen molar-refractivity contribution < 1.29 is 9.47 Å². The van der Waals surface area contributed by atoms with Crippen molar-refractivity contribution in [1.82, 2.24) is 10.3 Å². The number of nitrogens with zero attached hydrogens (tertiary/aromatic N) is 2. The summed E-state index contributed by atoms with van der Waals surface area (Å²) in [6.07, 6.45) is 1.71. The van der Waals surface area contributed by atoms with Crippen LogP contribution in [0.3, 0.4) is 0 Å². The van der Waals surface area contributed by atoms with Crippen LogP contribution in [0.4, 0.5) is 0 Å². The van der Waals surface area contributed by atoms with E-state index in [1.807, 2.05) is 31.2 Å². The van der Waals surface area contributed by atoms with Crippen molar-refractivity contribution in [2.24, 2.45) is 10.7 Å². The number of hydrogen-bond donors (Lipinski definition) is 2. The number of aliphatic imine (C=N–C) groups is 1. The SMILES string of the molecule is C=C(C)CNC(N)=NCc1ccc(Oc2cccc(OC)c2)nc1.I. The molecular weight excluding hydrogens is 431 g/mol. The molecule has 0 aliphatic carbocycles. The second kappa shape index (κ2) is 10.5. The fraction of sp³-hybridized carbons (Fsp3) is 0.222. The van der Waals surface area contributed by atoms with Gasteiger partial charge in [-0.25, -0.2) is 9.98 Å². The quantitative estimate of drug-likeness (QED) is 0.290. The molecular formula is C18H23IN4O2. The largest absolute Gasteiger partial charge is 0.497 e. The standard InChI is InChI=1S/C18H22N4O2.HI/c1-13(2)10-21-18(19)22-12-14-7-8-17(20-11-14)24-16-6-4-5-15(9-16)23-3;/h4-9,11H,1,10,12H2,2-3H3,(H3,19,21,22);1H. The number of rotatable bonds is 7. The Morgan fingerprint density at radius 2 is 2.04 bits per heavy atom. The van der Waals surface area contributed by atoms with Gasteiger partial charge in [0, 0.05) is 24.9 Å². The van der Waals surface area contributed by atoms with Gasteiger partial charge in [0.25, 0.3) is 0 Å². The smallest absolute Gasteiger partial charge is 0.219 e. The van der Waals surface area contributed by atoms with Gasteiger partial charge in [0.15, 0.2) is 5.96 Å². The molecule has 134 valence electrons. The lowest BCUT2D eigenvalue weighted by Gasteiger charge is -2.07. The molecule has 1 aromatic carbocycles. The molecule has 25 heavy (non-hydrogen) atoms. The summed E-state index contributed by atoms with van der Waals surface area (Å²) in [5.41, 5.74) is 7.70. The number of hydrogen-bond acceptors (Lipinski definition) is 4. The Bertz CT molecular complexity index is 717. The maximum atomic E-state index is 5.77. The monoisotopic (exact) mass is 454 g/mol. The van der Waals surface area contributed by atoms with Gasteiger partial charge >= 0.3 is 0 Å². The lowest BCUT2D eigenvalue weighted by molar-refractivity contribution is 0.407. The molecule has 7 heteroatoms. The summed E-state index contributed by atoms with van der Waals surface area (Å²) in [5.74, 6) is 2.29. The third kappa shape index (κ3) is 7.42. The first kappa shape index (κ1) is 20.8. The van der Waals surface area contributed by atoms with Gasteiger partial charge < -0.3 is 20.5 Å². The third-order valence-corrected chi connectivity index (χ3v) is 3.06. The van der Waals surface area contributed by atoms with E-state index in [9.17, 15) is 0 Å². The Labute approximate surface area is 165 Å². The minimum absolute atomic E-state index is 0. The van der Waals surface area contributed by atoms with Crippen LogP contribution in [0.25, 0.3) is 0 Å². The Morgan fingerprint density at radius 1 is 1.28 bits per heavy atom. The Morgan fingerprint density at radius 3 is 2.68 bits per heavy atom. The number of nitrogens with two attached hydrogens (primary N) is 1. The number of methoxy groups -OCH3 is 1. The molecule has 0 saturated carbocycles. The molecule has 1 heterocycles. The van der Waals surface area contributed by atoms with Crippen LogP contribution < -0.4 is 20.5 Å². The minimum atomic E-state index is 0. The summed E-state index contributed by atoms with van der Waals surface area (Å²) < 4.78 is 10.9. The molecule has 0 radical (unpaired) electrons. The maximum Gasteiger partial charge on any atom is 0.219 e. The molecule has 2 rings (SSSR count). The molecule has 0 spiro atoms. The van der Waals surface area contributed by atoms with Crippen LogP contribution in [0, 0.1) is 0 Å². The van der Waals surface area contributed by atoms with Gasteiger partial charge in [0.2, 0.25) is 5.88 Å². The summed E-state index contributed by atoms with van der Waals surface area (Å²) >= 11 is 0. The number of nitrogens with one attached hydrogen (secondary N) is 1.